The van der Waals surface area contributed by atoms with Gasteiger partial charge in [0, 0.05) is 20.0 Å². The summed E-state index contributed by atoms with van der Waals surface area (Å²) >= 11 is 0. The molecule has 0 aromatic heterocycles. The maximum atomic E-state index is 14.7. The van der Waals surface area contributed by atoms with Crippen LogP contribution in [0.1, 0.15) is 63.1 Å². The summed E-state index contributed by atoms with van der Waals surface area (Å²) in [7, 11) is 0. The zero-order valence-corrected chi connectivity index (χ0v) is 17.6. The van der Waals surface area contributed by atoms with Crippen LogP contribution in [-0.4, -0.2) is 25.6 Å². The van der Waals surface area contributed by atoms with Gasteiger partial charge in [-0.1, -0.05) is 25.1 Å². The van der Waals surface area contributed by atoms with Crippen molar-refractivity contribution in [1.29, 1.82) is 0 Å². The van der Waals surface area contributed by atoms with Crippen LogP contribution in [-0.2, 0) is 4.79 Å². The van der Waals surface area contributed by atoms with Crippen molar-refractivity contribution in [3.8, 4) is 5.75 Å². The van der Waals surface area contributed by atoms with Crippen molar-refractivity contribution in [3.63, 3.8) is 0 Å². The summed E-state index contributed by atoms with van der Waals surface area (Å²) in [5, 5.41) is 2.80. The Morgan fingerprint density at radius 1 is 1.21 bits per heavy atom. The first-order valence-electron chi connectivity index (χ1n) is 10.5. The third kappa shape index (κ3) is 5.49. The van der Waals surface area contributed by atoms with E-state index in [1.807, 2.05) is 31.2 Å². The number of rotatable bonds is 7. The molecule has 1 aliphatic heterocycles. The molecule has 4 nitrogen and oxygen atoms in total. The third-order valence-corrected chi connectivity index (χ3v) is 5.55. The van der Waals surface area contributed by atoms with Gasteiger partial charge in [0.2, 0.25) is 5.91 Å². The standard InChI is InChI=1S/C24H31FN2O2/c1-4-15-29-22-8-5-19(6-9-22)20-11-13-27(14-12-20)24-10-7-21(16-23(24)25)17(2)26-18(3)28/h5-10,16-17,20H,4,11-15H2,1-3H3,(H,26,28)/t17-/m0/s1. The number of anilines is 1. The topological polar surface area (TPSA) is 41.6 Å². The number of piperidine rings is 1. The van der Waals surface area contributed by atoms with Gasteiger partial charge in [-0.2, -0.15) is 0 Å². The van der Waals surface area contributed by atoms with Gasteiger partial charge in [-0.3, -0.25) is 4.79 Å². The van der Waals surface area contributed by atoms with Crippen molar-refractivity contribution in [2.24, 2.45) is 0 Å². The molecule has 1 heterocycles. The number of carbonyl (C=O) groups excluding carboxylic acids is 1. The van der Waals surface area contributed by atoms with Gasteiger partial charge < -0.3 is 15.0 Å². The second kappa shape index (κ2) is 9.77. The summed E-state index contributed by atoms with van der Waals surface area (Å²) in [5.41, 5.74) is 2.75. The van der Waals surface area contributed by atoms with E-state index in [2.05, 4.69) is 29.3 Å². The van der Waals surface area contributed by atoms with Crippen LogP contribution in [0.5, 0.6) is 5.75 Å². The fraction of sp³-hybridized carbons (Fsp3) is 0.458. The highest BCUT2D eigenvalue weighted by molar-refractivity contribution is 5.73. The molecule has 1 N–H and O–H groups in total. The van der Waals surface area contributed by atoms with E-state index >= 15 is 0 Å². The van der Waals surface area contributed by atoms with E-state index in [1.165, 1.54) is 18.6 Å². The van der Waals surface area contributed by atoms with E-state index in [-0.39, 0.29) is 17.8 Å². The molecule has 2 aromatic rings. The normalized spacial score (nSPS) is 15.8. The Kier molecular flexibility index (Phi) is 7.13. The molecule has 0 aliphatic carbocycles. The van der Waals surface area contributed by atoms with Gasteiger partial charge in [0.05, 0.1) is 18.3 Å². The first-order chi connectivity index (χ1) is 14.0. The van der Waals surface area contributed by atoms with Gasteiger partial charge in [-0.25, -0.2) is 4.39 Å². The Balaban J connectivity index is 1.59. The van der Waals surface area contributed by atoms with Crippen LogP contribution >= 0.6 is 0 Å². The van der Waals surface area contributed by atoms with Crippen molar-refractivity contribution in [1.82, 2.24) is 5.32 Å². The molecular weight excluding hydrogens is 367 g/mol. The van der Waals surface area contributed by atoms with E-state index in [4.69, 9.17) is 4.74 Å². The Morgan fingerprint density at radius 3 is 2.48 bits per heavy atom. The number of hydrogen-bond acceptors (Lipinski definition) is 3. The van der Waals surface area contributed by atoms with Crippen molar-refractivity contribution >= 4 is 11.6 Å². The van der Waals surface area contributed by atoms with Gasteiger partial charge >= 0.3 is 0 Å². The SMILES string of the molecule is CCCOc1ccc(C2CCN(c3ccc([C@H](C)NC(C)=O)cc3F)CC2)cc1. The third-order valence-electron chi connectivity index (χ3n) is 5.55. The summed E-state index contributed by atoms with van der Waals surface area (Å²) < 4.78 is 20.4. The molecule has 0 spiro atoms. The van der Waals surface area contributed by atoms with Gasteiger partial charge in [-0.05, 0) is 67.5 Å². The van der Waals surface area contributed by atoms with E-state index in [0.29, 0.717) is 11.6 Å². The fourth-order valence-corrected chi connectivity index (χ4v) is 3.95. The Labute approximate surface area is 173 Å². The highest BCUT2D eigenvalue weighted by Crippen LogP contribution is 2.33. The van der Waals surface area contributed by atoms with E-state index in [0.717, 1.165) is 50.3 Å². The number of ether oxygens (including phenoxy) is 1. The second-order valence-corrected chi connectivity index (χ2v) is 7.81. The Hall–Kier alpha value is -2.56. The maximum absolute atomic E-state index is 14.7. The first-order valence-corrected chi connectivity index (χ1v) is 10.5. The number of hydrogen-bond donors (Lipinski definition) is 1. The molecule has 0 bridgehead atoms. The highest BCUT2D eigenvalue weighted by atomic mass is 19.1. The van der Waals surface area contributed by atoms with Gasteiger partial charge in [0.1, 0.15) is 11.6 Å². The number of carbonyl (C=O) groups is 1. The van der Waals surface area contributed by atoms with Crippen LogP contribution in [0.3, 0.4) is 0 Å². The van der Waals surface area contributed by atoms with Crippen LogP contribution in [0.2, 0.25) is 0 Å². The molecule has 0 unspecified atom stereocenters. The predicted octanol–water partition coefficient (Wildman–Crippen LogP) is 5.20. The number of amides is 1. The minimum atomic E-state index is -0.226. The molecule has 1 amide bonds. The second-order valence-electron chi connectivity index (χ2n) is 7.81. The average Bonchev–Trinajstić information content (AvgIpc) is 2.72. The molecule has 1 aliphatic rings. The molecule has 2 aromatic carbocycles. The average molecular weight is 399 g/mol. The van der Waals surface area contributed by atoms with Gasteiger partial charge in [0.25, 0.3) is 0 Å². The molecule has 1 saturated heterocycles. The molecule has 29 heavy (non-hydrogen) atoms. The number of benzene rings is 2. The predicted molar refractivity (Wildman–Crippen MR) is 115 cm³/mol. The van der Waals surface area contributed by atoms with E-state index < -0.39 is 0 Å². The van der Waals surface area contributed by atoms with Crippen molar-refractivity contribution in [2.75, 3.05) is 24.6 Å². The lowest BCUT2D eigenvalue weighted by molar-refractivity contribution is -0.119. The van der Waals surface area contributed by atoms with Gasteiger partial charge in [-0.15, -0.1) is 0 Å². The van der Waals surface area contributed by atoms with Crippen LogP contribution in [0.25, 0.3) is 0 Å². The van der Waals surface area contributed by atoms with Crippen LogP contribution in [0.4, 0.5) is 10.1 Å². The summed E-state index contributed by atoms with van der Waals surface area (Å²) in [6.45, 7) is 7.83. The van der Waals surface area contributed by atoms with E-state index in [9.17, 15) is 9.18 Å². The zero-order valence-electron chi connectivity index (χ0n) is 17.6. The highest BCUT2D eigenvalue weighted by Gasteiger charge is 2.23. The lowest BCUT2D eigenvalue weighted by Crippen LogP contribution is -2.33. The smallest absolute Gasteiger partial charge is 0.217 e. The molecule has 1 atom stereocenters. The number of nitrogens with zero attached hydrogens (tertiary/aromatic N) is 1. The minimum Gasteiger partial charge on any atom is -0.494 e. The summed E-state index contributed by atoms with van der Waals surface area (Å²) in [6.07, 6.45) is 3.00. The maximum Gasteiger partial charge on any atom is 0.217 e. The zero-order chi connectivity index (χ0) is 20.8. The summed E-state index contributed by atoms with van der Waals surface area (Å²) in [5.74, 6) is 1.07. The van der Waals surface area contributed by atoms with Crippen molar-refractivity contribution in [2.45, 2.75) is 52.0 Å². The Morgan fingerprint density at radius 2 is 1.90 bits per heavy atom. The molecule has 1 fully saturated rings. The van der Waals surface area contributed by atoms with Gasteiger partial charge in [0.15, 0.2) is 0 Å². The molecule has 0 radical (unpaired) electrons. The number of halogens is 1. The Bertz CT molecular complexity index is 814. The van der Waals surface area contributed by atoms with Crippen LogP contribution < -0.4 is 15.0 Å². The molecule has 3 rings (SSSR count). The fourth-order valence-electron chi connectivity index (χ4n) is 3.95. The monoisotopic (exact) mass is 398 g/mol. The summed E-state index contributed by atoms with van der Waals surface area (Å²) in [4.78, 5) is 13.3. The first kappa shape index (κ1) is 21.2. The lowest BCUT2D eigenvalue weighted by Gasteiger charge is -2.34. The largest absolute Gasteiger partial charge is 0.494 e. The number of nitrogens with one attached hydrogen (secondary N) is 1. The molecule has 5 heteroatoms. The lowest BCUT2D eigenvalue weighted by atomic mass is 9.89. The molecule has 0 saturated carbocycles. The van der Waals surface area contributed by atoms with Crippen molar-refractivity contribution in [3.05, 3.63) is 59.4 Å². The van der Waals surface area contributed by atoms with Crippen molar-refractivity contribution < 1.29 is 13.9 Å². The molecule has 156 valence electrons. The molecular formula is C24H31FN2O2. The van der Waals surface area contributed by atoms with Crippen LogP contribution in [0, 0.1) is 5.82 Å². The van der Waals surface area contributed by atoms with E-state index in [1.54, 1.807) is 0 Å². The quantitative estimate of drug-likeness (QED) is 0.697. The summed E-state index contributed by atoms with van der Waals surface area (Å²) in [6, 6.07) is 13.5. The minimum absolute atomic E-state index is 0.117. The van der Waals surface area contributed by atoms with Crippen LogP contribution in [0.15, 0.2) is 42.5 Å².